The molecule has 0 aliphatic rings. The van der Waals surface area contributed by atoms with Gasteiger partial charge in [0.15, 0.2) is 0 Å². The number of hydrogen-bond donors (Lipinski definition) is 2. The largest absolute Gasteiger partial charge is 0.366 e. The average Bonchev–Trinajstić information content (AvgIpc) is 2.38. The van der Waals surface area contributed by atoms with E-state index >= 15 is 0 Å². The minimum Gasteiger partial charge on any atom is -0.366 e. The van der Waals surface area contributed by atoms with Crippen molar-refractivity contribution in [2.75, 3.05) is 5.32 Å². The fourth-order valence-corrected chi connectivity index (χ4v) is 1.81. The van der Waals surface area contributed by atoms with E-state index in [1.54, 1.807) is 0 Å². The third-order valence-corrected chi connectivity index (χ3v) is 2.93. The average molecular weight is 241 g/mol. The normalized spacial score (nSPS) is 12.2. The first-order valence-electron chi connectivity index (χ1n) is 6.16. The Morgan fingerprint density at radius 3 is 2.61 bits per heavy atom. The molecule has 0 radical (unpaired) electrons. The monoisotopic (exact) mass is 241 g/mol. The first-order valence-corrected chi connectivity index (χ1v) is 6.16. The topological polar surface area (TPSA) is 50.9 Å². The number of rotatable bonds is 4. The lowest BCUT2D eigenvalue weighted by Gasteiger charge is -2.11. The van der Waals surface area contributed by atoms with Crippen molar-refractivity contribution in [3.63, 3.8) is 0 Å². The van der Waals surface area contributed by atoms with E-state index < -0.39 is 0 Å². The number of pyridine rings is 1. The lowest BCUT2D eigenvalue weighted by atomic mass is 10.1. The quantitative estimate of drug-likeness (QED) is 0.865. The SMILES string of the molecule is Cc1cc(C(C)N)cnc1NCc1ccccc1. The van der Waals surface area contributed by atoms with Gasteiger partial charge >= 0.3 is 0 Å². The molecule has 0 aliphatic heterocycles. The van der Waals surface area contributed by atoms with Gasteiger partial charge in [0.2, 0.25) is 0 Å². The van der Waals surface area contributed by atoms with Crippen LogP contribution < -0.4 is 11.1 Å². The van der Waals surface area contributed by atoms with Crippen molar-refractivity contribution >= 4 is 5.82 Å². The minimum atomic E-state index is 0.0272. The van der Waals surface area contributed by atoms with Gasteiger partial charge < -0.3 is 11.1 Å². The Morgan fingerprint density at radius 1 is 1.28 bits per heavy atom. The van der Waals surface area contributed by atoms with Crippen LogP contribution in [0.3, 0.4) is 0 Å². The number of aromatic nitrogens is 1. The number of nitrogens with zero attached hydrogens (tertiary/aromatic N) is 1. The van der Waals surface area contributed by atoms with E-state index in [2.05, 4.69) is 28.5 Å². The van der Waals surface area contributed by atoms with Gasteiger partial charge in [-0.1, -0.05) is 30.3 Å². The Bertz CT molecular complexity index is 506. The molecule has 0 bridgehead atoms. The van der Waals surface area contributed by atoms with Crippen molar-refractivity contribution in [1.29, 1.82) is 0 Å². The number of benzene rings is 1. The van der Waals surface area contributed by atoms with E-state index in [0.717, 1.165) is 23.5 Å². The summed E-state index contributed by atoms with van der Waals surface area (Å²) in [6, 6.07) is 12.4. The Morgan fingerprint density at radius 2 is 2.00 bits per heavy atom. The van der Waals surface area contributed by atoms with Crippen LogP contribution >= 0.6 is 0 Å². The second-order valence-electron chi connectivity index (χ2n) is 4.56. The van der Waals surface area contributed by atoms with Crippen molar-refractivity contribution < 1.29 is 0 Å². The lowest BCUT2D eigenvalue weighted by Crippen LogP contribution is -2.08. The molecule has 0 saturated carbocycles. The van der Waals surface area contributed by atoms with Crippen LogP contribution in [0.2, 0.25) is 0 Å². The van der Waals surface area contributed by atoms with Crippen LogP contribution in [0.25, 0.3) is 0 Å². The van der Waals surface area contributed by atoms with Gasteiger partial charge in [-0.3, -0.25) is 0 Å². The van der Waals surface area contributed by atoms with Gasteiger partial charge in [-0.2, -0.15) is 0 Å². The van der Waals surface area contributed by atoms with E-state index in [1.165, 1.54) is 5.56 Å². The summed E-state index contributed by atoms with van der Waals surface area (Å²) in [7, 11) is 0. The predicted octanol–water partition coefficient (Wildman–Crippen LogP) is 3.02. The smallest absolute Gasteiger partial charge is 0.129 e. The highest BCUT2D eigenvalue weighted by Crippen LogP contribution is 2.17. The molecule has 1 aromatic carbocycles. The summed E-state index contributed by atoms with van der Waals surface area (Å²) in [5.41, 5.74) is 9.28. The molecule has 0 saturated heterocycles. The number of nitrogens with one attached hydrogen (secondary N) is 1. The van der Waals surface area contributed by atoms with Gasteiger partial charge in [0.1, 0.15) is 5.82 Å². The zero-order chi connectivity index (χ0) is 13.0. The molecule has 2 rings (SSSR count). The molecule has 94 valence electrons. The van der Waals surface area contributed by atoms with E-state index in [1.807, 2.05) is 38.2 Å². The highest BCUT2D eigenvalue weighted by molar-refractivity contribution is 5.45. The van der Waals surface area contributed by atoms with Crippen LogP contribution in [0, 0.1) is 6.92 Å². The maximum atomic E-state index is 5.84. The summed E-state index contributed by atoms with van der Waals surface area (Å²) in [6.07, 6.45) is 1.84. The van der Waals surface area contributed by atoms with Gasteiger partial charge in [0.05, 0.1) is 0 Å². The Labute approximate surface area is 108 Å². The zero-order valence-electron chi connectivity index (χ0n) is 10.9. The molecule has 1 unspecified atom stereocenters. The van der Waals surface area contributed by atoms with E-state index in [0.29, 0.717) is 0 Å². The van der Waals surface area contributed by atoms with Crippen LogP contribution in [0.5, 0.6) is 0 Å². The van der Waals surface area contributed by atoms with E-state index in [-0.39, 0.29) is 6.04 Å². The molecular weight excluding hydrogens is 222 g/mol. The van der Waals surface area contributed by atoms with Crippen molar-refractivity contribution in [1.82, 2.24) is 4.98 Å². The Hall–Kier alpha value is -1.87. The third kappa shape index (κ3) is 3.08. The van der Waals surface area contributed by atoms with Crippen molar-refractivity contribution in [3.05, 3.63) is 59.3 Å². The standard InChI is InChI=1S/C15H19N3/c1-11-8-14(12(2)16)10-18-15(11)17-9-13-6-4-3-5-7-13/h3-8,10,12H,9,16H2,1-2H3,(H,17,18). The fraction of sp³-hybridized carbons (Fsp3) is 0.267. The molecule has 1 aromatic heterocycles. The number of aryl methyl sites for hydroxylation is 1. The third-order valence-electron chi connectivity index (χ3n) is 2.93. The van der Waals surface area contributed by atoms with Crippen LogP contribution in [0.4, 0.5) is 5.82 Å². The minimum absolute atomic E-state index is 0.0272. The first kappa shape index (κ1) is 12.6. The highest BCUT2D eigenvalue weighted by Gasteiger charge is 2.04. The molecule has 0 fully saturated rings. The van der Waals surface area contributed by atoms with E-state index in [4.69, 9.17) is 5.73 Å². The second kappa shape index (κ2) is 5.65. The van der Waals surface area contributed by atoms with Gasteiger partial charge in [-0.05, 0) is 36.6 Å². The van der Waals surface area contributed by atoms with Gasteiger partial charge in [-0.25, -0.2) is 4.98 Å². The maximum Gasteiger partial charge on any atom is 0.129 e. The van der Waals surface area contributed by atoms with Gasteiger partial charge in [0.25, 0.3) is 0 Å². The highest BCUT2D eigenvalue weighted by atomic mass is 15.0. The molecule has 1 atom stereocenters. The lowest BCUT2D eigenvalue weighted by molar-refractivity contribution is 0.809. The van der Waals surface area contributed by atoms with Gasteiger partial charge in [0, 0.05) is 18.8 Å². The van der Waals surface area contributed by atoms with Crippen molar-refractivity contribution in [2.24, 2.45) is 5.73 Å². The maximum absolute atomic E-state index is 5.84. The summed E-state index contributed by atoms with van der Waals surface area (Å²) in [6.45, 7) is 4.80. The summed E-state index contributed by atoms with van der Waals surface area (Å²) in [5.74, 6) is 0.920. The van der Waals surface area contributed by atoms with Crippen molar-refractivity contribution in [2.45, 2.75) is 26.4 Å². The van der Waals surface area contributed by atoms with Crippen LogP contribution in [0.1, 0.15) is 29.7 Å². The Balaban J connectivity index is 2.06. The summed E-state index contributed by atoms with van der Waals surface area (Å²) in [4.78, 5) is 4.42. The van der Waals surface area contributed by atoms with Crippen LogP contribution in [0.15, 0.2) is 42.6 Å². The number of anilines is 1. The van der Waals surface area contributed by atoms with Crippen LogP contribution in [-0.4, -0.2) is 4.98 Å². The molecule has 3 N–H and O–H groups in total. The fourth-order valence-electron chi connectivity index (χ4n) is 1.81. The summed E-state index contributed by atoms with van der Waals surface area (Å²) >= 11 is 0. The molecule has 0 spiro atoms. The Kier molecular flexibility index (Phi) is 3.95. The number of nitrogens with two attached hydrogens (primary N) is 1. The molecule has 0 aliphatic carbocycles. The molecular formula is C15H19N3. The summed E-state index contributed by atoms with van der Waals surface area (Å²) in [5, 5.41) is 3.34. The van der Waals surface area contributed by atoms with Crippen molar-refractivity contribution in [3.8, 4) is 0 Å². The van der Waals surface area contributed by atoms with E-state index in [9.17, 15) is 0 Å². The zero-order valence-corrected chi connectivity index (χ0v) is 10.9. The molecule has 18 heavy (non-hydrogen) atoms. The number of hydrogen-bond acceptors (Lipinski definition) is 3. The molecule has 3 nitrogen and oxygen atoms in total. The molecule has 3 heteroatoms. The molecule has 1 heterocycles. The molecule has 2 aromatic rings. The molecule has 0 amide bonds. The first-order chi connectivity index (χ1) is 8.66. The van der Waals surface area contributed by atoms with Crippen LogP contribution in [-0.2, 0) is 6.54 Å². The second-order valence-corrected chi connectivity index (χ2v) is 4.56. The summed E-state index contributed by atoms with van der Waals surface area (Å²) < 4.78 is 0. The van der Waals surface area contributed by atoms with Gasteiger partial charge in [-0.15, -0.1) is 0 Å². The predicted molar refractivity (Wildman–Crippen MR) is 75.3 cm³/mol.